The second-order valence-electron chi connectivity index (χ2n) is 7.00. The van der Waals surface area contributed by atoms with Gasteiger partial charge < -0.3 is 25.3 Å². The molecule has 1 amide bonds. The molecule has 0 spiro atoms. The summed E-state index contributed by atoms with van der Waals surface area (Å²) in [6.07, 6.45) is -0.962. The van der Waals surface area contributed by atoms with E-state index in [2.05, 4.69) is 15.4 Å². The Labute approximate surface area is 184 Å². The third kappa shape index (κ3) is 6.74. The summed E-state index contributed by atoms with van der Waals surface area (Å²) in [5.74, 6) is -2.49. The third-order valence-electron chi connectivity index (χ3n) is 4.65. The molecule has 3 atom stereocenters. The molecule has 0 saturated carbocycles. The minimum atomic E-state index is -2.99. The zero-order valence-electron chi connectivity index (χ0n) is 17.8. The minimum Gasteiger partial charge on any atom is -0.478 e. The summed E-state index contributed by atoms with van der Waals surface area (Å²) < 4.78 is 35.0. The Hall–Kier alpha value is -3.53. The molecule has 0 radical (unpaired) electrons. The SMILES string of the molecule is CNC(Oc1cccc(OC(F)F)c1)C(C(C)=N)C(=O)N[C@@H](C)c1ccc(C(=O)O)cc1. The number of hydrogen-bond acceptors (Lipinski definition) is 6. The maximum absolute atomic E-state index is 13.0. The molecular weight excluding hydrogens is 424 g/mol. The van der Waals surface area contributed by atoms with Gasteiger partial charge in [0.1, 0.15) is 17.4 Å². The summed E-state index contributed by atoms with van der Waals surface area (Å²) in [5, 5.41) is 22.7. The van der Waals surface area contributed by atoms with E-state index in [0.29, 0.717) is 5.56 Å². The first kappa shape index (κ1) is 24.7. The number of aromatic carboxylic acids is 1. The maximum atomic E-state index is 13.0. The van der Waals surface area contributed by atoms with Crippen molar-refractivity contribution < 1.29 is 33.0 Å². The summed E-state index contributed by atoms with van der Waals surface area (Å²) in [6.45, 7) is 0.198. The van der Waals surface area contributed by atoms with Crippen molar-refractivity contribution in [2.45, 2.75) is 32.7 Å². The first-order valence-electron chi connectivity index (χ1n) is 9.69. The van der Waals surface area contributed by atoms with Crippen molar-refractivity contribution in [3.05, 3.63) is 59.7 Å². The predicted octanol–water partition coefficient (Wildman–Crippen LogP) is 3.44. The molecule has 2 rings (SSSR count). The van der Waals surface area contributed by atoms with Crippen LogP contribution in [-0.4, -0.2) is 42.6 Å². The Balaban J connectivity index is 2.14. The molecule has 172 valence electrons. The summed E-state index contributed by atoms with van der Waals surface area (Å²) in [6, 6.07) is 11.2. The van der Waals surface area contributed by atoms with Gasteiger partial charge in [0.15, 0.2) is 6.23 Å². The van der Waals surface area contributed by atoms with E-state index < -0.39 is 36.7 Å². The van der Waals surface area contributed by atoms with E-state index in [4.69, 9.17) is 15.3 Å². The molecule has 32 heavy (non-hydrogen) atoms. The number of rotatable bonds is 11. The number of nitrogens with one attached hydrogen (secondary N) is 3. The lowest BCUT2D eigenvalue weighted by molar-refractivity contribution is -0.126. The number of amides is 1. The van der Waals surface area contributed by atoms with Crippen molar-refractivity contribution in [3.8, 4) is 11.5 Å². The van der Waals surface area contributed by atoms with E-state index in [1.807, 2.05) is 0 Å². The van der Waals surface area contributed by atoms with Crippen molar-refractivity contribution in [2.24, 2.45) is 5.92 Å². The zero-order chi connectivity index (χ0) is 23.8. The van der Waals surface area contributed by atoms with Crippen LogP contribution in [0.5, 0.6) is 11.5 Å². The van der Waals surface area contributed by atoms with Crippen molar-refractivity contribution in [1.29, 1.82) is 5.41 Å². The highest BCUT2D eigenvalue weighted by molar-refractivity contribution is 6.02. The van der Waals surface area contributed by atoms with Crippen LogP contribution in [0, 0.1) is 11.3 Å². The quantitative estimate of drug-likeness (QED) is 0.308. The van der Waals surface area contributed by atoms with E-state index in [-0.39, 0.29) is 22.8 Å². The summed E-state index contributed by atoms with van der Waals surface area (Å²) in [4.78, 5) is 24.0. The van der Waals surface area contributed by atoms with Crippen LogP contribution in [-0.2, 0) is 4.79 Å². The van der Waals surface area contributed by atoms with E-state index in [1.54, 1.807) is 26.1 Å². The Bertz CT molecular complexity index is 953. The van der Waals surface area contributed by atoms with Gasteiger partial charge in [-0.25, -0.2) is 4.79 Å². The molecule has 0 heterocycles. The van der Waals surface area contributed by atoms with E-state index in [0.717, 1.165) is 0 Å². The summed E-state index contributed by atoms with van der Waals surface area (Å²) >= 11 is 0. The van der Waals surface area contributed by atoms with Gasteiger partial charge >= 0.3 is 12.6 Å². The molecule has 0 fully saturated rings. The van der Waals surface area contributed by atoms with Gasteiger partial charge in [0, 0.05) is 11.8 Å². The molecule has 0 aromatic heterocycles. The molecule has 4 N–H and O–H groups in total. The van der Waals surface area contributed by atoms with Crippen LogP contribution in [0.3, 0.4) is 0 Å². The van der Waals surface area contributed by atoms with Crippen molar-refractivity contribution in [3.63, 3.8) is 0 Å². The second-order valence-corrected chi connectivity index (χ2v) is 7.00. The lowest BCUT2D eigenvalue weighted by Gasteiger charge is -2.28. The monoisotopic (exact) mass is 449 g/mol. The van der Waals surface area contributed by atoms with Crippen LogP contribution in [0.1, 0.15) is 35.8 Å². The molecule has 0 aliphatic carbocycles. The lowest BCUT2D eigenvalue weighted by atomic mass is 9.99. The van der Waals surface area contributed by atoms with Gasteiger partial charge in [0.05, 0.1) is 11.6 Å². The van der Waals surface area contributed by atoms with Gasteiger partial charge in [-0.05, 0) is 50.7 Å². The fraction of sp³-hybridized carbons (Fsp3) is 0.318. The van der Waals surface area contributed by atoms with Gasteiger partial charge in [-0.15, -0.1) is 0 Å². The molecule has 0 saturated heterocycles. The van der Waals surface area contributed by atoms with Crippen LogP contribution in [0.25, 0.3) is 0 Å². The number of hydrogen-bond donors (Lipinski definition) is 4. The first-order chi connectivity index (χ1) is 15.1. The van der Waals surface area contributed by atoms with Crippen LogP contribution in [0.15, 0.2) is 48.5 Å². The summed E-state index contributed by atoms with van der Waals surface area (Å²) in [5.41, 5.74) is 0.834. The van der Waals surface area contributed by atoms with Gasteiger partial charge in [-0.3, -0.25) is 10.1 Å². The number of alkyl halides is 2. The minimum absolute atomic E-state index is 0.0234. The molecule has 0 bridgehead atoms. The Kier molecular flexibility index (Phi) is 8.65. The van der Waals surface area contributed by atoms with Crippen LogP contribution >= 0.6 is 0 Å². The normalized spacial score (nSPS) is 13.7. The molecule has 0 aliphatic heterocycles. The van der Waals surface area contributed by atoms with E-state index in [1.165, 1.54) is 43.3 Å². The fourth-order valence-electron chi connectivity index (χ4n) is 3.03. The molecular formula is C22H25F2N3O5. The zero-order valence-corrected chi connectivity index (χ0v) is 17.8. The lowest BCUT2D eigenvalue weighted by Crippen LogP contribution is -2.50. The number of halogens is 2. The molecule has 10 heteroatoms. The van der Waals surface area contributed by atoms with Gasteiger partial charge in [-0.2, -0.15) is 8.78 Å². The van der Waals surface area contributed by atoms with Crippen molar-refractivity contribution >= 4 is 17.6 Å². The van der Waals surface area contributed by atoms with Gasteiger partial charge in [-0.1, -0.05) is 18.2 Å². The first-order valence-corrected chi connectivity index (χ1v) is 9.69. The molecule has 0 aliphatic rings. The van der Waals surface area contributed by atoms with Crippen LogP contribution in [0.2, 0.25) is 0 Å². The predicted molar refractivity (Wildman–Crippen MR) is 113 cm³/mol. The Morgan fingerprint density at radius 3 is 2.16 bits per heavy atom. The number of carbonyl (C=O) groups excluding carboxylic acids is 1. The highest BCUT2D eigenvalue weighted by Crippen LogP contribution is 2.24. The average Bonchev–Trinajstić information content (AvgIpc) is 2.72. The molecule has 8 nitrogen and oxygen atoms in total. The number of benzene rings is 2. The highest BCUT2D eigenvalue weighted by Gasteiger charge is 2.32. The number of carboxylic acids is 1. The largest absolute Gasteiger partial charge is 0.478 e. The van der Waals surface area contributed by atoms with Crippen molar-refractivity contribution in [1.82, 2.24) is 10.6 Å². The number of carboxylic acid groups (broad SMARTS) is 1. The van der Waals surface area contributed by atoms with Crippen LogP contribution < -0.4 is 20.1 Å². The van der Waals surface area contributed by atoms with Gasteiger partial charge in [0.2, 0.25) is 5.91 Å². The van der Waals surface area contributed by atoms with Crippen molar-refractivity contribution in [2.75, 3.05) is 7.05 Å². The molecule has 2 unspecified atom stereocenters. The topological polar surface area (TPSA) is 121 Å². The highest BCUT2D eigenvalue weighted by atomic mass is 19.3. The average molecular weight is 449 g/mol. The van der Waals surface area contributed by atoms with Crippen LogP contribution in [0.4, 0.5) is 8.78 Å². The number of ether oxygens (including phenoxy) is 2. The number of carbonyl (C=O) groups is 2. The standard InChI is InChI=1S/C22H25F2N3O5/c1-12(25)18(19(28)27-13(2)14-7-9-15(10-8-14)21(29)30)20(26-3)31-16-5-4-6-17(11-16)32-22(23)24/h4-11,13,18,20,22,25-26H,1-3H3,(H,27,28)(H,29,30)/t13-,18?,20?/m0/s1. The molecule has 2 aromatic carbocycles. The Morgan fingerprint density at radius 2 is 1.66 bits per heavy atom. The fourth-order valence-corrected chi connectivity index (χ4v) is 3.03. The Morgan fingerprint density at radius 1 is 1.06 bits per heavy atom. The summed E-state index contributed by atoms with van der Waals surface area (Å²) in [7, 11) is 1.54. The maximum Gasteiger partial charge on any atom is 0.387 e. The van der Waals surface area contributed by atoms with E-state index >= 15 is 0 Å². The van der Waals surface area contributed by atoms with E-state index in [9.17, 15) is 18.4 Å². The third-order valence-corrected chi connectivity index (χ3v) is 4.65. The van der Waals surface area contributed by atoms with Gasteiger partial charge in [0.25, 0.3) is 0 Å². The smallest absolute Gasteiger partial charge is 0.387 e. The second kappa shape index (κ2) is 11.2. The molecule has 2 aromatic rings.